The molecule has 7 nitrogen and oxygen atoms in total. The summed E-state index contributed by atoms with van der Waals surface area (Å²) in [6.45, 7) is 1.37. The van der Waals surface area contributed by atoms with E-state index in [4.69, 9.17) is 0 Å². The van der Waals surface area contributed by atoms with Gasteiger partial charge in [-0.1, -0.05) is 6.07 Å². The molecule has 1 N–H and O–H groups in total. The summed E-state index contributed by atoms with van der Waals surface area (Å²) in [5, 5.41) is 9.35. The lowest BCUT2D eigenvalue weighted by Gasteiger charge is -2.31. The van der Waals surface area contributed by atoms with Gasteiger partial charge in [-0.05, 0) is 25.0 Å². The molecule has 0 unspecified atom stereocenters. The molecular formula is C15H16F3N5O2. The highest BCUT2D eigenvalue weighted by molar-refractivity contribution is 5.92. The Morgan fingerprint density at radius 3 is 2.64 bits per heavy atom. The van der Waals surface area contributed by atoms with E-state index in [2.05, 4.69) is 24.9 Å². The van der Waals surface area contributed by atoms with Crippen LogP contribution in [0.2, 0.25) is 0 Å². The van der Waals surface area contributed by atoms with Gasteiger partial charge in [-0.3, -0.25) is 14.7 Å². The maximum Gasteiger partial charge on any atom is 0.470 e. The molecule has 134 valence electrons. The van der Waals surface area contributed by atoms with Crippen LogP contribution in [0.5, 0.6) is 0 Å². The number of likely N-dealkylation sites (tertiary alicyclic amines) is 1. The Balaban J connectivity index is 1.47. The molecule has 10 heteroatoms. The number of piperidine rings is 1. The van der Waals surface area contributed by atoms with E-state index in [1.54, 1.807) is 24.4 Å². The number of alkyl halides is 3. The number of carbonyl (C=O) groups is 1. The van der Waals surface area contributed by atoms with E-state index in [0.717, 1.165) is 0 Å². The maximum absolute atomic E-state index is 12.4. The molecule has 0 bridgehead atoms. The fourth-order valence-electron chi connectivity index (χ4n) is 2.62. The van der Waals surface area contributed by atoms with Gasteiger partial charge in [-0.15, -0.1) is 10.2 Å². The minimum absolute atomic E-state index is 0.000762. The molecule has 0 radical (unpaired) electrons. The van der Waals surface area contributed by atoms with Crippen LogP contribution in [0.25, 0.3) is 0 Å². The molecule has 1 fully saturated rings. The third kappa shape index (κ3) is 4.53. The number of aromatic nitrogens is 3. The van der Waals surface area contributed by atoms with Crippen LogP contribution in [-0.2, 0) is 12.7 Å². The Morgan fingerprint density at radius 2 is 2.04 bits per heavy atom. The minimum Gasteiger partial charge on any atom is -0.416 e. The summed E-state index contributed by atoms with van der Waals surface area (Å²) in [5.74, 6) is -1.63. The van der Waals surface area contributed by atoms with Gasteiger partial charge in [0.15, 0.2) is 0 Å². The van der Waals surface area contributed by atoms with E-state index >= 15 is 0 Å². The van der Waals surface area contributed by atoms with Crippen molar-refractivity contribution in [3.05, 3.63) is 41.9 Å². The molecule has 25 heavy (non-hydrogen) atoms. The first-order valence-corrected chi connectivity index (χ1v) is 7.75. The molecule has 0 saturated carbocycles. The first kappa shape index (κ1) is 17.3. The summed E-state index contributed by atoms with van der Waals surface area (Å²) >= 11 is 0. The van der Waals surface area contributed by atoms with Gasteiger partial charge in [0.05, 0.1) is 6.54 Å². The van der Waals surface area contributed by atoms with E-state index < -0.39 is 12.1 Å². The van der Waals surface area contributed by atoms with Crippen molar-refractivity contribution in [1.82, 2.24) is 25.4 Å². The zero-order valence-corrected chi connectivity index (χ0v) is 13.2. The van der Waals surface area contributed by atoms with Crippen molar-refractivity contribution >= 4 is 5.91 Å². The SMILES string of the molecule is O=C(NC1CCN(Cc2nnc(C(F)(F)F)o2)CC1)c1ccccn1. The Bertz CT molecular complexity index is 711. The molecular weight excluding hydrogens is 339 g/mol. The fourth-order valence-corrected chi connectivity index (χ4v) is 2.62. The molecule has 3 rings (SSSR count). The van der Waals surface area contributed by atoms with E-state index in [-0.39, 0.29) is 24.4 Å². The van der Waals surface area contributed by atoms with E-state index in [1.807, 2.05) is 4.90 Å². The molecule has 0 atom stereocenters. The first-order chi connectivity index (χ1) is 11.9. The molecule has 1 aliphatic rings. The van der Waals surface area contributed by atoms with Crippen molar-refractivity contribution in [2.45, 2.75) is 31.6 Å². The number of nitrogens with one attached hydrogen (secondary N) is 1. The maximum atomic E-state index is 12.4. The summed E-state index contributed by atoms with van der Waals surface area (Å²) in [7, 11) is 0. The molecule has 1 saturated heterocycles. The van der Waals surface area contributed by atoms with Crippen LogP contribution < -0.4 is 5.32 Å². The number of hydrogen-bond donors (Lipinski definition) is 1. The lowest BCUT2D eigenvalue weighted by atomic mass is 10.0. The Kier molecular flexibility index (Phi) is 4.98. The highest BCUT2D eigenvalue weighted by Crippen LogP contribution is 2.28. The Labute approximate surface area is 141 Å². The predicted octanol–water partition coefficient (Wildman–Crippen LogP) is 1.88. The highest BCUT2D eigenvalue weighted by Gasteiger charge is 2.38. The standard InChI is InChI=1S/C15H16F3N5O2/c16-15(17,18)14-22-21-12(25-14)9-23-7-4-10(5-8-23)20-13(24)11-3-1-2-6-19-11/h1-3,6,10H,4-5,7-9H2,(H,20,24). The lowest BCUT2D eigenvalue weighted by molar-refractivity contribution is -0.157. The topological polar surface area (TPSA) is 84.2 Å². The van der Waals surface area contributed by atoms with Crippen molar-refractivity contribution in [2.75, 3.05) is 13.1 Å². The minimum atomic E-state index is -4.63. The zero-order chi connectivity index (χ0) is 17.9. The van der Waals surface area contributed by atoms with Crippen LogP contribution in [-0.4, -0.2) is 45.1 Å². The quantitative estimate of drug-likeness (QED) is 0.902. The summed E-state index contributed by atoms with van der Waals surface area (Å²) in [6, 6.07) is 5.11. The molecule has 0 aliphatic carbocycles. The van der Waals surface area contributed by atoms with Crippen molar-refractivity contribution in [3.63, 3.8) is 0 Å². The third-order valence-electron chi connectivity index (χ3n) is 3.89. The van der Waals surface area contributed by atoms with Gasteiger partial charge in [0, 0.05) is 25.3 Å². The van der Waals surface area contributed by atoms with Crippen LogP contribution in [0.15, 0.2) is 28.8 Å². The van der Waals surface area contributed by atoms with Crippen LogP contribution in [0.1, 0.15) is 35.1 Å². The second kappa shape index (κ2) is 7.18. The lowest BCUT2D eigenvalue weighted by Crippen LogP contribution is -2.44. The molecule has 3 heterocycles. The van der Waals surface area contributed by atoms with Crippen molar-refractivity contribution in [2.24, 2.45) is 0 Å². The van der Waals surface area contributed by atoms with Gasteiger partial charge in [0.2, 0.25) is 5.89 Å². The normalized spacial score (nSPS) is 16.8. The smallest absolute Gasteiger partial charge is 0.416 e. The van der Waals surface area contributed by atoms with Crippen molar-refractivity contribution in [1.29, 1.82) is 0 Å². The summed E-state index contributed by atoms with van der Waals surface area (Å²) < 4.78 is 41.9. The Hall–Kier alpha value is -2.49. The average molecular weight is 355 g/mol. The monoisotopic (exact) mass is 355 g/mol. The third-order valence-corrected chi connectivity index (χ3v) is 3.89. The van der Waals surface area contributed by atoms with Gasteiger partial charge >= 0.3 is 12.1 Å². The van der Waals surface area contributed by atoms with Crippen molar-refractivity contribution in [3.8, 4) is 0 Å². The van der Waals surface area contributed by atoms with Gasteiger partial charge in [0.25, 0.3) is 5.91 Å². The molecule has 2 aromatic heterocycles. The fraction of sp³-hybridized carbons (Fsp3) is 0.467. The van der Waals surface area contributed by atoms with Crippen molar-refractivity contribution < 1.29 is 22.4 Å². The predicted molar refractivity (Wildman–Crippen MR) is 79.3 cm³/mol. The second-order valence-corrected chi connectivity index (χ2v) is 5.74. The number of rotatable bonds is 4. The number of nitrogens with zero attached hydrogens (tertiary/aromatic N) is 4. The van der Waals surface area contributed by atoms with Gasteiger partial charge < -0.3 is 9.73 Å². The zero-order valence-electron chi connectivity index (χ0n) is 13.2. The summed E-state index contributed by atoms with van der Waals surface area (Å²) in [6.07, 6.45) is -1.72. The molecule has 0 aromatic carbocycles. The first-order valence-electron chi connectivity index (χ1n) is 7.75. The Morgan fingerprint density at radius 1 is 1.28 bits per heavy atom. The molecule has 1 aliphatic heterocycles. The molecule has 2 aromatic rings. The van der Waals surface area contributed by atoms with Gasteiger partial charge in [-0.25, -0.2) is 0 Å². The number of carbonyl (C=O) groups excluding carboxylic acids is 1. The van der Waals surface area contributed by atoms with E-state index in [0.29, 0.717) is 31.6 Å². The van der Waals surface area contributed by atoms with Crippen LogP contribution in [0, 0.1) is 0 Å². The second-order valence-electron chi connectivity index (χ2n) is 5.74. The number of hydrogen-bond acceptors (Lipinski definition) is 6. The molecule has 0 spiro atoms. The highest BCUT2D eigenvalue weighted by atomic mass is 19.4. The molecule has 1 amide bonds. The number of halogens is 3. The van der Waals surface area contributed by atoms with Crippen LogP contribution in [0.4, 0.5) is 13.2 Å². The largest absolute Gasteiger partial charge is 0.470 e. The average Bonchev–Trinajstić information content (AvgIpc) is 3.06. The summed E-state index contributed by atoms with van der Waals surface area (Å²) in [4.78, 5) is 18.0. The van der Waals surface area contributed by atoms with Crippen LogP contribution in [0.3, 0.4) is 0 Å². The van der Waals surface area contributed by atoms with Gasteiger partial charge in [-0.2, -0.15) is 13.2 Å². The number of amides is 1. The number of pyridine rings is 1. The van der Waals surface area contributed by atoms with E-state index in [9.17, 15) is 18.0 Å². The summed E-state index contributed by atoms with van der Waals surface area (Å²) in [5.41, 5.74) is 0.357. The van der Waals surface area contributed by atoms with Gasteiger partial charge in [0.1, 0.15) is 5.69 Å². The van der Waals surface area contributed by atoms with E-state index in [1.165, 1.54) is 0 Å². The van der Waals surface area contributed by atoms with Crippen LogP contribution >= 0.6 is 0 Å².